The lowest BCUT2D eigenvalue weighted by Gasteiger charge is -2.34. The molecule has 3 heterocycles. The van der Waals surface area contributed by atoms with Gasteiger partial charge in [-0.1, -0.05) is 36.4 Å². The molecule has 0 radical (unpaired) electrons. The molecule has 1 saturated heterocycles. The van der Waals surface area contributed by atoms with E-state index in [2.05, 4.69) is 81.7 Å². The topological polar surface area (TPSA) is 66.3 Å². The Morgan fingerprint density at radius 3 is 2.35 bits per heavy atom. The predicted octanol–water partition coefficient (Wildman–Crippen LogP) is 5.05. The van der Waals surface area contributed by atoms with Crippen LogP contribution < -0.4 is 15.8 Å². The molecule has 3 aromatic carbocycles. The van der Waals surface area contributed by atoms with E-state index in [1.165, 1.54) is 11.1 Å². The highest BCUT2D eigenvalue weighted by atomic mass is 16.1. The first kappa shape index (κ1) is 23.2. The maximum absolute atomic E-state index is 13.1. The predicted molar refractivity (Wildman–Crippen MR) is 151 cm³/mol. The van der Waals surface area contributed by atoms with Crippen molar-refractivity contribution in [2.75, 3.05) is 43.4 Å². The van der Waals surface area contributed by atoms with Crippen LogP contribution in [0.15, 0.2) is 89.9 Å². The van der Waals surface area contributed by atoms with Crippen LogP contribution in [0.2, 0.25) is 0 Å². The van der Waals surface area contributed by atoms with Gasteiger partial charge in [0.2, 0.25) is 5.95 Å². The highest BCUT2D eigenvalue weighted by Gasteiger charge is 2.16. The summed E-state index contributed by atoms with van der Waals surface area (Å²) in [6.07, 6.45) is 1.77. The Balaban J connectivity index is 1.30. The van der Waals surface area contributed by atoms with E-state index in [9.17, 15) is 4.79 Å². The molecule has 5 aromatic rings. The number of pyridine rings is 1. The second kappa shape index (κ2) is 9.67. The van der Waals surface area contributed by atoms with E-state index in [-0.39, 0.29) is 11.6 Å². The maximum Gasteiger partial charge on any atom is 0.252 e. The zero-order valence-corrected chi connectivity index (χ0v) is 21.1. The van der Waals surface area contributed by atoms with Gasteiger partial charge in [0, 0.05) is 55.2 Å². The fraction of sp³-hybridized carbons (Fsp3) is 0.233. The first-order valence-electron chi connectivity index (χ1n) is 12.7. The second-order valence-corrected chi connectivity index (χ2v) is 9.76. The van der Waals surface area contributed by atoms with Crippen molar-refractivity contribution >= 4 is 39.1 Å². The number of aromatic nitrogens is 3. The number of fused-ring (bicyclic) bond motifs is 2. The largest absolute Gasteiger partial charge is 0.369 e. The molecule has 1 unspecified atom stereocenters. The summed E-state index contributed by atoms with van der Waals surface area (Å²) in [4.78, 5) is 27.1. The Morgan fingerprint density at radius 1 is 0.838 bits per heavy atom. The molecule has 186 valence electrons. The lowest BCUT2D eigenvalue weighted by Crippen LogP contribution is -2.44. The van der Waals surface area contributed by atoms with Crippen molar-refractivity contribution in [2.24, 2.45) is 0 Å². The van der Waals surface area contributed by atoms with Crippen LogP contribution >= 0.6 is 0 Å². The monoisotopic (exact) mass is 490 g/mol. The van der Waals surface area contributed by atoms with Crippen molar-refractivity contribution in [3.8, 4) is 0 Å². The summed E-state index contributed by atoms with van der Waals surface area (Å²) in [5.74, 6) is 0.463. The van der Waals surface area contributed by atoms with Crippen LogP contribution in [0, 0.1) is 0 Å². The van der Waals surface area contributed by atoms with Crippen molar-refractivity contribution in [1.29, 1.82) is 0 Å². The van der Waals surface area contributed by atoms with Gasteiger partial charge in [-0.25, -0.2) is 4.98 Å². The van der Waals surface area contributed by atoms with Crippen LogP contribution in [0.3, 0.4) is 0 Å². The first-order chi connectivity index (χ1) is 18.0. The third kappa shape index (κ3) is 4.66. The van der Waals surface area contributed by atoms with Crippen LogP contribution in [0.1, 0.15) is 18.5 Å². The zero-order valence-electron chi connectivity index (χ0n) is 21.1. The molecular weight excluding hydrogens is 460 g/mol. The number of nitrogens with one attached hydrogen (secondary N) is 1. The molecule has 7 nitrogen and oxygen atoms in total. The lowest BCUT2D eigenvalue weighted by atomic mass is 10.0. The molecule has 2 aromatic heterocycles. The van der Waals surface area contributed by atoms with Gasteiger partial charge in [0.05, 0.1) is 6.04 Å². The first-order valence-corrected chi connectivity index (χ1v) is 12.7. The van der Waals surface area contributed by atoms with Gasteiger partial charge >= 0.3 is 0 Å². The van der Waals surface area contributed by atoms with E-state index in [1.807, 2.05) is 19.1 Å². The van der Waals surface area contributed by atoms with Crippen molar-refractivity contribution in [3.63, 3.8) is 0 Å². The standard InChI is InChI=1S/C30H30N6O/c1-21(23-8-7-22-5-3-4-6-24(22)19-23)36-28(37)14-9-25-20-31-30(33-29(25)36)32-26-10-12-27(13-11-26)35-17-15-34(2)16-18-35/h3-14,19-21H,15-18H2,1-2H3,(H,31,32,33). The van der Waals surface area contributed by atoms with Crippen molar-refractivity contribution in [1.82, 2.24) is 19.4 Å². The molecule has 0 spiro atoms. The Hall–Kier alpha value is -4.23. The van der Waals surface area contributed by atoms with Crippen LogP contribution in [-0.4, -0.2) is 52.7 Å². The van der Waals surface area contributed by atoms with Gasteiger partial charge in [0.1, 0.15) is 5.65 Å². The summed E-state index contributed by atoms with van der Waals surface area (Å²) in [6.45, 7) is 6.25. The third-order valence-electron chi connectivity index (χ3n) is 7.30. The van der Waals surface area contributed by atoms with Gasteiger partial charge in [-0.2, -0.15) is 4.98 Å². The van der Waals surface area contributed by atoms with Gasteiger partial charge in [-0.3, -0.25) is 9.36 Å². The minimum atomic E-state index is -0.188. The van der Waals surface area contributed by atoms with Gasteiger partial charge < -0.3 is 15.1 Å². The van der Waals surface area contributed by atoms with Gasteiger partial charge in [0.15, 0.2) is 0 Å². The van der Waals surface area contributed by atoms with Crippen LogP contribution in [-0.2, 0) is 0 Å². The molecule has 1 N–H and O–H groups in total. The molecule has 6 rings (SSSR count). The van der Waals surface area contributed by atoms with Gasteiger partial charge in [-0.05, 0) is 66.7 Å². The number of nitrogens with zero attached hydrogens (tertiary/aromatic N) is 5. The summed E-state index contributed by atoms with van der Waals surface area (Å²) < 4.78 is 1.75. The Morgan fingerprint density at radius 2 is 1.57 bits per heavy atom. The lowest BCUT2D eigenvalue weighted by molar-refractivity contribution is 0.313. The normalized spacial score (nSPS) is 15.2. The number of anilines is 3. The average molecular weight is 491 g/mol. The van der Waals surface area contributed by atoms with Crippen molar-refractivity contribution in [3.05, 3.63) is 101 Å². The number of rotatable bonds is 5. The molecule has 1 aliphatic heterocycles. The molecule has 1 fully saturated rings. The van der Waals surface area contributed by atoms with Crippen LogP contribution in [0.4, 0.5) is 17.3 Å². The third-order valence-corrected chi connectivity index (χ3v) is 7.30. The van der Waals surface area contributed by atoms with E-state index >= 15 is 0 Å². The second-order valence-electron chi connectivity index (χ2n) is 9.76. The minimum Gasteiger partial charge on any atom is -0.369 e. The minimum absolute atomic E-state index is 0.0886. The number of likely N-dealkylation sites (N-methyl/N-ethyl adjacent to an activating group) is 1. The highest BCUT2D eigenvalue weighted by Crippen LogP contribution is 2.26. The molecule has 7 heteroatoms. The Kier molecular flexibility index (Phi) is 6.06. The molecule has 0 aliphatic carbocycles. The number of benzene rings is 3. The Bertz CT molecular complexity index is 1620. The number of hydrogen-bond acceptors (Lipinski definition) is 6. The molecule has 37 heavy (non-hydrogen) atoms. The van der Waals surface area contributed by atoms with E-state index in [0.29, 0.717) is 11.6 Å². The fourth-order valence-electron chi connectivity index (χ4n) is 5.04. The average Bonchev–Trinajstić information content (AvgIpc) is 2.93. The summed E-state index contributed by atoms with van der Waals surface area (Å²) in [7, 11) is 2.16. The summed E-state index contributed by atoms with van der Waals surface area (Å²) in [5.41, 5.74) is 3.70. The van der Waals surface area contributed by atoms with E-state index in [4.69, 9.17) is 4.98 Å². The summed E-state index contributed by atoms with van der Waals surface area (Å²) in [5, 5.41) is 6.47. The SMILES string of the molecule is CC(c1ccc2ccccc2c1)n1c(=O)ccc2cnc(Nc3ccc(N4CCN(C)CC4)cc3)nc21. The molecule has 0 saturated carbocycles. The Labute approximate surface area is 216 Å². The van der Waals surface area contributed by atoms with Gasteiger partial charge in [-0.15, -0.1) is 0 Å². The molecule has 0 bridgehead atoms. The van der Waals surface area contributed by atoms with E-state index < -0.39 is 0 Å². The van der Waals surface area contributed by atoms with Crippen LogP contribution in [0.5, 0.6) is 0 Å². The van der Waals surface area contributed by atoms with Gasteiger partial charge in [0.25, 0.3) is 5.56 Å². The fourth-order valence-corrected chi connectivity index (χ4v) is 5.04. The quantitative estimate of drug-likeness (QED) is 0.372. The molecular formula is C30H30N6O. The van der Waals surface area contributed by atoms with Crippen molar-refractivity contribution < 1.29 is 0 Å². The number of piperazine rings is 1. The van der Waals surface area contributed by atoms with E-state index in [1.54, 1.807) is 22.9 Å². The molecule has 1 aliphatic rings. The van der Waals surface area contributed by atoms with E-state index in [0.717, 1.165) is 48.2 Å². The van der Waals surface area contributed by atoms with Crippen LogP contribution in [0.25, 0.3) is 21.8 Å². The highest BCUT2D eigenvalue weighted by molar-refractivity contribution is 5.83. The van der Waals surface area contributed by atoms with Crippen molar-refractivity contribution in [2.45, 2.75) is 13.0 Å². The molecule has 0 amide bonds. The molecule has 1 atom stereocenters. The smallest absolute Gasteiger partial charge is 0.252 e. The summed E-state index contributed by atoms with van der Waals surface area (Å²) >= 11 is 0. The maximum atomic E-state index is 13.1. The zero-order chi connectivity index (χ0) is 25.4. The number of hydrogen-bond donors (Lipinski definition) is 1. The summed E-state index contributed by atoms with van der Waals surface area (Å²) in [6, 6.07) is 26.1.